The largest absolute Gasteiger partial charge is 0.408 e. The van der Waals surface area contributed by atoms with Gasteiger partial charge in [0.15, 0.2) is 0 Å². The minimum Gasteiger partial charge on any atom is -0.373 e. The van der Waals surface area contributed by atoms with Crippen LogP contribution < -0.4 is 16.0 Å². The predicted octanol–water partition coefficient (Wildman–Crippen LogP) is 2.81. The molecule has 3 N–H and O–H groups in total. The van der Waals surface area contributed by atoms with E-state index in [0.717, 1.165) is 4.68 Å². The monoisotopic (exact) mass is 466 g/mol. The van der Waals surface area contributed by atoms with Gasteiger partial charge in [-0.25, -0.2) is 9.48 Å². The molecule has 0 fully saturated rings. The first-order valence-electron chi connectivity index (χ1n) is 10.2. The number of hydrogen-bond donors (Lipinski definition) is 3. The van der Waals surface area contributed by atoms with Gasteiger partial charge in [-0.1, -0.05) is 6.92 Å². The van der Waals surface area contributed by atoms with Gasteiger partial charge < -0.3 is 10.6 Å². The Balaban J connectivity index is 1.99. The SMILES string of the molecule is CNc1ccnn1C(C(C)c1cnc2cnn(CC(F)(F)F)c2c1)[C@@H](C)NC(=O)NC(C)=O. The maximum Gasteiger partial charge on any atom is 0.408 e. The lowest BCUT2D eigenvalue weighted by molar-refractivity contribution is -0.141. The summed E-state index contributed by atoms with van der Waals surface area (Å²) in [6.45, 7) is 3.61. The number of carbonyl (C=O) groups excluding carboxylic acids is 2. The number of nitrogens with one attached hydrogen (secondary N) is 3. The summed E-state index contributed by atoms with van der Waals surface area (Å²) in [5.74, 6) is -0.189. The fraction of sp³-hybridized carbons (Fsp3) is 0.450. The molecule has 0 aliphatic rings. The highest BCUT2D eigenvalue weighted by Gasteiger charge is 2.32. The lowest BCUT2D eigenvalue weighted by Crippen LogP contribution is -2.47. The average Bonchev–Trinajstić information content (AvgIpc) is 3.33. The molecule has 0 aliphatic carbocycles. The van der Waals surface area contributed by atoms with Crippen LogP contribution in [-0.2, 0) is 11.3 Å². The van der Waals surface area contributed by atoms with E-state index >= 15 is 0 Å². The topological polar surface area (TPSA) is 119 Å². The predicted molar refractivity (Wildman–Crippen MR) is 115 cm³/mol. The number of alkyl halides is 3. The Morgan fingerprint density at radius 1 is 1.18 bits per heavy atom. The molecule has 3 atom stereocenters. The highest BCUT2D eigenvalue weighted by Crippen LogP contribution is 2.34. The number of imide groups is 1. The van der Waals surface area contributed by atoms with Crippen LogP contribution in [-0.4, -0.2) is 55.7 Å². The number of carbonyl (C=O) groups is 2. The van der Waals surface area contributed by atoms with Crippen LogP contribution in [0.5, 0.6) is 0 Å². The van der Waals surface area contributed by atoms with E-state index in [0.29, 0.717) is 16.9 Å². The van der Waals surface area contributed by atoms with Crippen molar-refractivity contribution in [2.75, 3.05) is 12.4 Å². The Kier molecular flexibility index (Phi) is 6.89. The summed E-state index contributed by atoms with van der Waals surface area (Å²) >= 11 is 0. The molecule has 3 aromatic heterocycles. The minimum absolute atomic E-state index is 0.250. The van der Waals surface area contributed by atoms with Crippen LogP contribution in [0.15, 0.2) is 30.7 Å². The minimum atomic E-state index is -4.43. The van der Waals surface area contributed by atoms with Crippen molar-refractivity contribution in [3.05, 3.63) is 36.3 Å². The third-order valence-corrected chi connectivity index (χ3v) is 5.25. The second-order valence-electron chi connectivity index (χ2n) is 7.72. The van der Waals surface area contributed by atoms with Gasteiger partial charge in [-0.2, -0.15) is 23.4 Å². The Labute approximate surface area is 187 Å². The molecule has 3 amide bonds. The first-order valence-corrected chi connectivity index (χ1v) is 10.2. The molecule has 0 bridgehead atoms. The summed E-state index contributed by atoms with van der Waals surface area (Å²) in [6, 6.07) is 1.70. The molecule has 3 rings (SSSR count). The van der Waals surface area contributed by atoms with E-state index in [9.17, 15) is 22.8 Å². The van der Waals surface area contributed by atoms with Crippen LogP contribution >= 0.6 is 0 Å². The molecule has 33 heavy (non-hydrogen) atoms. The molecule has 0 aromatic carbocycles. The number of urea groups is 1. The molecule has 3 aromatic rings. The molecular formula is C20H25F3N8O2. The number of pyridine rings is 1. The Hall–Kier alpha value is -3.64. The number of rotatable bonds is 7. The average molecular weight is 466 g/mol. The van der Waals surface area contributed by atoms with Crippen molar-refractivity contribution in [3.8, 4) is 0 Å². The maximum atomic E-state index is 13.0. The van der Waals surface area contributed by atoms with E-state index in [-0.39, 0.29) is 11.4 Å². The molecule has 0 saturated heterocycles. The molecule has 10 nitrogen and oxygen atoms in total. The molecule has 0 radical (unpaired) electrons. The highest BCUT2D eigenvalue weighted by atomic mass is 19.4. The Morgan fingerprint density at radius 3 is 2.55 bits per heavy atom. The van der Waals surface area contributed by atoms with Crippen LogP contribution in [0.2, 0.25) is 0 Å². The van der Waals surface area contributed by atoms with Crippen LogP contribution in [0.25, 0.3) is 11.0 Å². The van der Waals surface area contributed by atoms with Gasteiger partial charge in [0, 0.05) is 32.2 Å². The first kappa shape index (κ1) is 24.0. The van der Waals surface area contributed by atoms with Crippen LogP contribution in [0, 0.1) is 0 Å². The molecule has 0 spiro atoms. The van der Waals surface area contributed by atoms with Crippen molar-refractivity contribution in [2.45, 2.75) is 51.5 Å². The zero-order valence-corrected chi connectivity index (χ0v) is 18.5. The van der Waals surface area contributed by atoms with Gasteiger partial charge in [0.25, 0.3) is 0 Å². The van der Waals surface area contributed by atoms with Crippen molar-refractivity contribution >= 4 is 28.8 Å². The third-order valence-electron chi connectivity index (χ3n) is 5.25. The lowest BCUT2D eigenvalue weighted by Gasteiger charge is -2.32. The standard InChI is InChI=1S/C20H25F3N8O2/c1-11(14-7-16-15(25-8-14)9-27-30(16)10-20(21,22)23)18(31-17(24-4)5-6-26-31)12(2)28-19(33)29-13(3)32/h5-9,11-12,18,24H,10H2,1-4H3,(H2,28,29,32,33)/t11?,12-,18?/m1/s1. The lowest BCUT2D eigenvalue weighted by atomic mass is 9.89. The van der Waals surface area contributed by atoms with Crippen molar-refractivity contribution in [2.24, 2.45) is 0 Å². The Morgan fingerprint density at radius 2 is 1.91 bits per heavy atom. The van der Waals surface area contributed by atoms with Gasteiger partial charge in [0.05, 0.1) is 30.0 Å². The van der Waals surface area contributed by atoms with E-state index in [1.807, 2.05) is 6.92 Å². The first-order chi connectivity index (χ1) is 15.5. The van der Waals surface area contributed by atoms with E-state index < -0.39 is 36.7 Å². The summed E-state index contributed by atoms with van der Waals surface area (Å²) in [4.78, 5) is 27.7. The molecular weight excluding hydrogens is 441 g/mol. The summed E-state index contributed by atoms with van der Waals surface area (Å²) < 4.78 is 41.4. The van der Waals surface area contributed by atoms with Gasteiger partial charge in [-0.3, -0.25) is 19.8 Å². The van der Waals surface area contributed by atoms with Crippen molar-refractivity contribution < 1.29 is 22.8 Å². The normalized spacial score (nSPS) is 14.5. The van der Waals surface area contributed by atoms with Crippen molar-refractivity contribution in [3.63, 3.8) is 0 Å². The van der Waals surface area contributed by atoms with Crippen LogP contribution in [0.1, 0.15) is 38.3 Å². The number of amides is 3. The number of fused-ring (bicyclic) bond motifs is 1. The number of halogens is 3. The maximum absolute atomic E-state index is 13.0. The molecule has 2 unspecified atom stereocenters. The number of aromatic nitrogens is 5. The number of hydrogen-bond acceptors (Lipinski definition) is 6. The van der Waals surface area contributed by atoms with Crippen molar-refractivity contribution in [1.82, 2.24) is 35.2 Å². The Bertz CT molecular complexity index is 1140. The van der Waals surface area contributed by atoms with E-state index in [4.69, 9.17) is 0 Å². The van der Waals surface area contributed by atoms with Gasteiger partial charge in [0.2, 0.25) is 5.91 Å². The van der Waals surface area contributed by atoms with E-state index in [1.54, 1.807) is 43.2 Å². The summed E-state index contributed by atoms with van der Waals surface area (Å²) in [5, 5.41) is 16.1. The van der Waals surface area contributed by atoms with E-state index in [1.165, 1.54) is 13.1 Å². The van der Waals surface area contributed by atoms with Crippen molar-refractivity contribution in [1.29, 1.82) is 0 Å². The quantitative estimate of drug-likeness (QED) is 0.493. The zero-order valence-electron chi connectivity index (χ0n) is 18.5. The molecule has 0 saturated carbocycles. The van der Waals surface area contributed by atoms with Crippen LogP contribution in [0.4, 0.5) is 23.8 Å². The fourth-order valence-corrected chi connectivity index (χ4v) is 3.81. The second kappa shape index (κ2) is 9.46. The van der Waals surface area contributed by atoms with Gasteiger partial charge in [-0.05, 0) is 18.6 Å². The number of anilines is 1. The molecule has 178 valence electrons. The number of nitrogens with zero attached hydrogens (tertiary/aromatic N) is 5. The molecule has 0 aliphatic heterocycles. The van der Waals surface area contributed by atoms with E-state index in [2.05, 4.69) is 31.1 Å². The summed E-state index contributed by atoms with van der Waals surface area (Å²) in [7, 11) is 1.72. The summed E-state index contributed by atoms with van der Waals surface area (Å²) in [6.07, 6.45) is 0.0243. The summed E-state index contributed by atoms with van der Waals surface area (Å²) in [5.41, 5.74) is 1.23. The third kappa shape index (κ3) is 5.59. The molecule has 3 heterocycles. The second-order valence-corrected chi connectivity index (χ2v) is 7.72. The van der Waals surface area contributed by atoms with Gasteiger partial charge >= 0.3 is 12.2 Å². The molecule has 13 heteroatoms. The smallest absolute Gasteiger partial charge is 0.373 e. The fourth-order valence-electron chi connectivity index (χ4n) is 3.81. The van der Waals surface area contributed by atoms with Gasteiger partial charge in [0.1, 0.15) is 17.9 Å². The zero-order chi connectivity index (χ0) is 24.3. The van der Waals surface area contributed by atoms with Gasteiger partial charge in [-0.15, -0.1) is 0 Å². The highest BCUT2D eigenvalue weighted by molar-refractivity contribution is 5.93. The van der Waals surface area contributed by atoms with Crippen LogP contribution in [0.3, 0.4) is 0 Å².